The normalized spacial score (nSPS) is 21.5. The van der Waals surface area contributed by atoms with Crippen LogP contribution in [0.4, 0.5) is 0 Å². The van der Waals surface area contributed by atoms with Gasteiger partial charge < -0.3 is 0 Å². The van der Waals surface area contributed by atoms with Crippen molar-refractivity contribution in [3.05, 3.63) is 30.1 Å². The fourth-order valence-electron chi connectivity index (χ4n) is 2.44. The highest BCUT2D eigenvalue weighted by atomic mass is 35.5. The van der Waals surface area contributed by atoms with E-state index in [2.05, 4.69) is 18.0 Å². The van der Waals surface area contributed by atoms with E-state index in [1.54, 1.807) is 0 Å². The molecule has 1 unspecified atom stereocenters. The topological polar surface area (TPSA) is 12.9 Å². The maximum Gasteiger partial charge on any atom is 0.0445 e. The molecule has 1 saturated carbocycles. The van der Waals surface area contributed by atoms with Gasteiger partial charge in [-0.15, -0.1) is 11.6 Å². The molecule has 0 bridgehead atoms. The van der Waals surface area contributed by atoms with Crippen LogP contribution in [0.15, 0.2) is 24.4 Å². The third kappa shape index (κ3) is 2.52. The van der Waals surface area contributed by atoms with Crippen molar-refractivity contribution in [3.8, 4) is 0 Å². The quantitative estimate of drug-likeness (QED) is 0.711. The van der Waals surface area contributed by atoms with E-state index in [4.69, 9.17) is 11.6 Å². The molecule has 82 valence electrons. The van der Waals surface area contributed by atoms with Crippen LogP contribution in [-0.2, 0) is 6.42 Å². The predicted octanol–water partition coefficient (Wildman–Crippen LogP) is 3.81. The van der Waals surface area contributed by atoms with Crippen LogP contribution >= 0.6 is 11.6 Å². The summed E-state index contributed by atoms with van der Waals surface area (Å²) in [5, 5.41) is 0.231. The van der Waals surface area contributed by atoms with Gasteiger partial charge in [-0.25, -0.2) is 0 Å². The van der Waals surface area contributed by atoms with Crippen LogP contribution < -0.4 is 0 Å². The van der Waals surface area contributed by atoms with Crippen LogP contribution in [0.1, 0.15) is 38.3 Å². The summed E-state index contributed by atoms with van der Waals surface area (Å²) in [6.45, 7) is 2.32. The van der Waals surface area contributed by atoms with E-state index in [-0.39, 0.29) is 5.38 Å². The van der Waals surface area contributed by atoms with E-state index in [1.165, 1.54) is 25.7 Å². The van der Waals surface area contributed by atoms with Crippen molar-refractivity contribution in [1.82, 2.24) is 4.98 Å². The molecule has 1 aliphatic rings. The van der Waals surface area contributed by atoms with Gasteiger partial charge in [-0.2, -0.15) is 0 Å². The van der Waals surface area contributed by atoms with Crippen molar-refractivity contribution < 1.29 is 0 Å². The summed E-state index contributed by atoms with van der Waals surface area (Å²) < 4.78 is 0. The van der Waals surface area contributed by atoms with Gasteiger partial charge in [0.1, 0.15) is 0 Å². The van der Waals surface area contributed by atoms with Crippen LogP contribution in [0.5, 0.6) is 0 Å². The van der Waals surface area contributed by atoms with Crippen LogP contribution in [0.3, 0.4) is 0 Å². The Kier molecular flexibility index (Phi) is 3.30. The van der Waals surface area contributed by atoms with Crippen LogP contribution in [-0.4, -0.2) is 10.4 Å². The van der Waals surface area contributed by atoms with Gasteiger partial charge in [0.15, 0.2) is 0 Å². The average molecular weight is 224 g/mol. The summed E-state index contributed by atoms with van der Waals surface area (Å²) >= 11 is 6.52. The highest BCUT2D eigenvalue weighted by Crippen LogP contribution is 2.43. The molecule has 1 aromatic heterocycles. The molecule has 15 heavy (non-hydrogen) atoms. The summed E-state index contributed by atoms with van der Waals surface area (Å²) in [5.74, 6) is 0. The van der Waals surface area contributed by atoms with Crippen LogP contribution in [0.25, 0.3) is 0 Å². The Bertz CT molecular complexity index is 304. The zero-order valence-corrected chi connectivity index (χ0v) is 10.0. The predicted molar refractivity (Wildman–Crippen MR) is 64.2 cm³/mol. The zero-order chi connectivity index (χ0) is 10.7. The summed E-state index contributed by atoms with van der Waals surface area (Å²) in [5.41, 5.74) is 1.45. The minimum atomic E-state index is 0.231. The molecule has 0 saturated heterocycles. The molecule has 0 aliphatic heterocycles. The van der Waals surface area contributed by atoms with E-state index >= 15 is 0 Å². The van der Waals surface area contributed by atoms with E-state index in [0.29, 0.717) is 5.41 Å². The molecule has 2 heteroatoms. The first kappa shape index (κ1) is 10.9. The van der Waals surface area contributed by atoms with Gasteiger partial charge in [-0.3, -0.25) is 4.98 Å². The minimum absolute atomic E-state index is 0.231. The maximum absolute atomic E-state index is 6.52. The zero-order valence-electron chi connectivity index (χ0n) is 9.25. The molecule has 1 aliphatic carbocycles. The molecular formula is C13H18ClN. The average Bonchev–Trinajstić information content (AvgIpc) is 2.68. The minimum Gasteiger partial charge on any atom is -0.261 e. The van der Waals surface area contributed by atoms with Crippen molar-refractivity contribution in [2.45, 2.75) is 44.4 Å². The SMILES string of the molecule is CC1(C(Cl)Cc2ccccn2)CCCC1. The van der Waals surface area contributed by atoms with E-state index in [0.717, 1.165) is 12.1 Å². The van der Waals surface area contributed by atoms with Crippen molar-refractivity contribution in [2.75, 3.05) is 0 Å². The smallest absolute Gasteiger partial charge is 0.0445 e. The van der Waals surface area contributed by atoms with Crippen molar-refractivity contribution in [2.24, 2.45) is 5.41 Å². The highest BCUT2D eigenvalue weighted by molar-refractivity contribution is 6.21. The van der Waals surface area contributed by atoms with Gasteiger partial charge in [-0.1, -0.05) is 25.8 Å². The van der Waals surface area contributed by atoms with E-state index in [9.17, 15) is 0 Å². The second kappa shape index (κ2) is 4.52. The fraction of sp³-hybridized carbons (Fsp3) is 0.615. The van der Waals surface area contributed by atoms with Gasteiger partial charge in [0.2, 0.25) is 0 Å². The van der Waals surface area contributed by atoms with Gasteiger partial charge in [0, 0.05) is 23.7 Å². The Morgan fingerprint density at radius 2 is 2.13 bits per heavy atom. The molecule has 1 fully saturated rings. The number of alkyl halides is 1. The standard InChI is InChI=1S/C13H18ClN/c1-13(7-3-4-8-13)12(14)10-11-6-2-5-9-15-11/h2,5-6,9,12H,3-4,7-8,10H2,1H3. The molecule has 0 N–H and O–H groups in total. The molecule has 1 nitrogen and oxygen atoms in total. The van der Waals surface area contributed by atoms with Gasteiger partial charge in [0.25, 0.3) is 0 Å². The molecule has 2 rings (SSSR count). The lowest BCUT2D eigenvalue weighted by atomic mass is 9.83. The van der Waals surface area contributed by atoms with Gasteiger partial charge in [0.05, 0.1) is 0 Å². The second-order valence-electron chi connectivity index (χ2n) is 4.85. The van der Waals surface area contributed by atoms with Crippen LogP contribution in [0, 0.1) is 5.41 Å². The van der Waals surface area contributed by atoms with Crippen molar-refractivity contribution >= 4 is 11.6 Å². The van der Waals surface area contributed by atoms with Gasteiger partial charge >= 0.3 is 0 Å². The third-order valence-corrected chi connectivity index (χ3v) is 4.30. The fourth-order valence-corrected chi connectivity index (χ4v) is 2.82. The molecule has 0 aromatic carbocycles. The lowest BCUT2D eigenvalue weighted by molar-refractivity contribution is 0.315. The maximum atomic E-state index is 6.52. The molecule has 1 aromatic rings. The molecule has 0 radical (unpaired) electrons. The number of hydrogen-bond donors (Lipinski definition) is 0. The Labute approximate surface area is 96.9 Å². The molecule has 1 atom stereocenters. The summed E-state index contributed by atoms with van der Waals surface area (Å²) in [6, 6.07) is 6.04. The summed E-state index contributed by atoms with van der Waals surface area (Å²) in [4.78, 5) is 4.34. The number of halogens is 1. The Hall–Kier alpha value is -0.560. The second-order valence-corrected chi connectivity index (χ2v) is 5.38. The summed E-state index contributed by atoms with van der Waals surface area (Å²) in [6.07, 6.45) is 7.96. The first-order valence-corrected chi connectivity index (χ1v) is 6.18. The number of pyridine rings is 1. The molecule has 0 amide bonds. The Balaban J connectivity index is 2.00. The molecule has 1 heterocycles. The lowest BCUT2D eigenvalue weighted by Gasteiger charge is -2.29. The highest BCUT2D eigenvalue weighted by Gasteiger charge is 2.35. The molecular weight excluding hydrogens is 206 g/mol. The molecule has 0 spiro atoms. The Morgan fingerprint density at radius 1 is 1.40 bits per heavy atom. The monoisotopic (exact) mass is 223 g/mol. The van der Waals surface area contributed by atoms with E-state index < -0.39 is 0 Å². The third-order valence-electron chi connectivity index (χ3n) is 3.62. The summed E-state index contributed by atoms with van der Waals surface area (Å²) in [7, 11) is 0. The van der Waals surface area contributed by atoms with E-state index in [1.807, 2.05) is 18.3 Å². The Morgan fingerprint density at radius 3 is 2.73 bits per heavy atom. The van der Waals surface area contributed by atoms with Crippen molar-refractivity contribution in [3.63, 3.8) is 0 Å². The largest absolute Gasteiger partial charge is 0.261 e. The number of rotatable bonds is 3. The lowest BCUT2D eigenvalue weighted by Crippen LogP contribution is -2.27. The first-order chi connectivity index (χ1) is 7.21. The number of nitrogens with zero attached hydrogens (tertiary/aromatic N) is 1. The number of aromatic nitrogens is 1. The first-order valence-electron chi connectivity index (χ1n) is 5.75. The van der Waals surface area contributed by atoms with Crippen molar-refractivity contribution in [1.29, 1.82) is 0 Å². The van der Waals surface area contributed by atoms with Crippen LogP contribution in [0.2, 0.25) is 0 Å². The van der Waals surface area contributed by atoms with Gasteiger partial charge in [-0.05, 0) is 30.4 Å². The number of hydrogen-bond acceptors (Lipinski definition) is 1.